The zero-order valence-electron chi connectivity index (χ0n) is 8.27. The summed E-state index contributed by atoms with van der Waals surface area (Å²) in [4.78, 5) is 10.8. The molecule has 6 heteroatoms. The predicted molar refractivity (Wildman–Crippen MR) is 53.4 cm³/mol. The van der Waals surface area contributed by atoms with Crippen molar-refractivity contribution in [2.24, 2.45) is 0 Å². The fourth-order valence-corrected chi connectivity index (χ4v) is 1.81. The first-order valence-electron chi connectivity index (χ1n) is 4.72. The van der Waals surface area contributed by atoms with Crippen LogP contribution in [0.2, 0.25) is 0 Å². The van der Waals surface area contributed by atoms with Crippen LogP contribution in [0.4, 0.5) is 0 Å². The second-order valence-electron chi connectivity index (χ2n) is 3.71. The lowest BCUT2D eigenvalue weighted by molar-refractivity contribution is -0.139. The van der Waals surface area contributed by atoms with Crippen molar-refractivity contribution in [2.75, 3.05) is 0 Å². The smallest absolute Gasteiger partial charge is 0.321 e. The lowest BCUT2D eigenvalue weighted by Gasteiger charge is -2.24. The second-order valence-corrected chi connectivity index (χ2v) is 3.71. The van der Waals surface area contributed by atoms with Crippen molar-refractivity contribution in [3.8, 4) is 17.2 Å². The van der Waals surface area contributed by atoms with Gasteiger partial charge in [0.05, 0.1) is 0 Å². The maximum Gasteiger partial charge on any atom is 0.321 e. The third-order valence-corrected chi connectivity index (χ3v) is 2.70. The zero-order valence-corrected chi connectivity index (χ0v) is 8.27. The summed E-state index contributed by atoms with van der Waals surface area (Å²) in [5, 5.41) is 39.7. The molecule has 1 unspecified atom stereocenters. The molecule has 0 aliphatic carbocycles. The number of carbonyl (C=O) groups is 1. The van der Waals surface area contributed by atoms with Crippen molar-refractivity contribution in [1.82, 2.24) is 5.32 Å². The zero-order chi connectivity index (χ0) is 11.9. The molecule has 1 aromatic rings. The van der Waals surface area contributed by atoms with Gasteiger partial charge >= 0.3 is 5.97 Å². The molecular formula is C10H11NO5. The van der Waals surface area contributed by atoms with Crippen LogP contribution >= 0.6 is 0 Å². The molecular weight excluding hydrogens is 214 g/mol. The summed E-state index contributed by atoms with van der Waals surface area (Å²) in [7, 11) is 0. The van der Waals surface area contributed by atoms with Gasteiger partial charge in [-0.3, -0.25) is 10.1 Å². The van der Waals surface area contributed by atoms with Gasteiger partial charge in [-0.25, -0.2) is 0 Å². The van der Waals surface area contributed by atoms with Gasteiger partial charge in [0.2, 0.25) is 5.75 Å². The molecule has 2 rings (SSSR count). The van der Waals surface area contributed by atoms with Crippen LogP contribution in [0.5, 0.6) is 17.2 Å². The molecule has 0 bridgehead atoms. The summed E-state index contributed by atoms with van der Waals surface area (Å²) in [5.74, 6) is -2.40. The summed E-state index contributed by atoms with van der Waals surface area (Å²) in [5.41, 5.74) is 0.951. The Morgan fingerprint density at radius 3 is 2.62 bits per heavy atom. The quantitative estimate of drug-likeness (QED) is 0.427. The molecule has 0 amide bonds. The summed E-state index contributed by atoms with van der Waals surface area (Å²) < 4.78 is 0. The molecule has 1 heterocycles. The number of hydrogen-bond acceptors (Lipinski definition) is 5. The highest BCUT2D eigenvalue weighted by atomic mass is 16.4. The van der Waals surface area contributed by atoms with E-state index in [0.717, 1.165) is 0 Å². The molecule has 1 aliphatic heterocycles. The van der Waals surface area contributed by atoms with Crippen LogP contribution in [0.1, 0.15) is 11.1 Å². The van der Waals surface area contributed by atoms with Crippen molar-refractivity contribution < 1.29 is 25.2 Å². The van der Waals surface area contributed by atoms with Crippen molar-refractivity contribution in [1.29, 1.82) is 0 Å². The number of fused-ring (bicyclic) bond motifs is 1. The average molecular weight is 225 g/mol. The largest absolute Gasteiger partial charge is 0.504 e. The van der Waals surface area contributed by atoms with Crippen molar-refractivity contribution in [3.05, 3.63) is 17.2 Å². The van der Waals surface area contributed by atoms with Gasteiger partial charge in [-0.1, -0.05) is 0 Å². The Bertz CT molecular complexity index is 457. The van der Waals surface area contributed by atoms with Crippen LogP contribution in [0, 0.1) is 0 Å². The van der Waals surface area contributed by atoms with Gasteiger partial charge < -0.3 is 20.4 Å². The van der Waals surface area contributed by atoms with Crippen molar-refractivity contribution >= 4 is 5.97 Å². The normalized spacial score (nSPS) is 19.1. The monoisotopic (exact) mass is 225 g/mol. The van der Waals surface area contributed by atoms with Crippen LogP contribution in [0.25, 0.3) is 0 Å². The first kappa shape index (κ1) is 10.6. The molecule has 0 fully saturated rings. The minimum Gasteiger partial charge on any atom is -0.504 e. The van der Waals surface area contributed by atoms with E-state index in [2.05, 4.69) is 5.32 Å². The fourth-order valence-electron chi connectivity index (χ4n) is 1.81. The van der Waals surface area contributed by atoms with Gasteiger partial charge in [-0.05, 0) is 18.1 Å². The summed E-state index contributed by atoms with van der Waals surface area (Å²) in [6, 6.07) is 0.539. The Morgan fingerprint density at radius 2 is 2.00 bits per heavy atom. The number of phenols is 3. The molecule has 86 valence electrons. The first-order valence-corrected chi connectivity index (χ1v) is 4.72. The van der Waals surface area contributed by atoms with Crippen LogP contribution in [-0.2, 0) is 17.8 Å². The molecule has 0 saturated carbocycles. The summed E-state index contributed by atoms with van der Waals surface area (Å²) >= 11 is 0. The molecule has 0 radical (unpaired) electrons. The number of hydrogen-bond donors (Lipinski definition) is 5. The third kappa shape index (κ3) is 1.53. The third-order valence-electron chi connectivity index (χ3n) is 2.70. The lowest BCUT2D eigenvalue weighted by atomic mass is 9.94. The molecule has 6 nitrogen and oxygen atoms in total. The van der Waals surface area contributed by atoms with Gasteiger partial charge in [-0.15, -0.1) is 0 Å². The van der Waals surface area contributed by atoms with Gasteiger partial charge in [0, 0.05) is 12.1 Å². The molecule has 1 aromatic carbocycles. The number of aliphatic carboxylic acids is 1. The Kier molecular flexibility index (Phi) is 2.35. The van der Waals surface area contributed by atoms with E-state index in [1.165, 1.54) is 6.07 Å². The number of aromatic hydroxyl groups is 3. The van der Waals surface area contributed by atoms with E-state index in [-0.39, 0.29) is 13.0 Å². The maximum absolute atomic E-state index is 10.8. The SMILES string of the molecule is O=C(O)C1Cc2cc(O)c(O)c(O)c2CN1. The number of rotatable bonds is 1. The van der Waals surface area contributed by atoms with Gasteiger partial charge in [0.15, 0.2) is 11.5 Å². The van der Waals surface area contributed by atoms with E-state index in [9.17, 15) is 20.1 Å². The number of benzene rings is 1. The highest BCUT2D eigenvalue weighted by molar-refractivity contribution is 5.75. The van der Waals surface area contributed by atoms with Crippen LogP contribution in [-0.4, -0.2) is 32.4 Å². The highest BCUT2D eigenvalue weighted by Gasteiger charge is 2.27. The molecule has 0 aromatic heterocycles. The van der Waals surface area contributed by atoms with Gasteiger partial charge in [0.25, 0.3) is 0 Å². The molecule has 16 heavy (non-hydrogen) atoms. The van der Waals surface area contributed by atoms with Gasteiger partial charge in [-0.2, -0.15) is 0 Å². The molecule has 1 aliphatic rings. The van der Waals surface area contributed by atoms with Crippen LogP contribution in [0.3, 0.4) is 0 Å². The number of phenolic OH excluding ortho intramolecular Hbond substituents is 3. The Morgan fingerprint density at radius 1 is 1.31 bits per heavy atom. The number of nitrogens with one attached hydrogen (secondary N) is 1. The Labute approximate surface area is 90.8 Å². The molecule has 0 saturated heterocycles. The van der Waals surface area contributed by atoms with Crippen LogP contribution < -0.4 is 5.32 Å². The topological polar surface area (TPSA) is 110 Å². The van der Waals surface area contributed by atoms with E-state index in [1.54, 1.807) is 0 Å². The van der Waals surface area contributed by atoms with Crippen LogP contribution in [0.15, 0.2) is 6.07 Å². The van der Waals surface area contributed by atoms with E-state index in [4.69, 9.17) is 5.11 Å². The molecule has 0 spiro atoms. The average Bonchev–Trinajstić information content (AvgIpc) is 2.25. The standard InChI is InChI=1S/C10H11NO5/c12-7-2-4-1-6(10(15)16)11-3-5(4)8(13)9(7)14/h2,6,11-14H,1,3H2,(H,15,16). The fraction of sp³-hybridized carbons (Fsp3) is 0.300. The lowest BCUT2D eigenvalue weighted by Crippen LogP contribution is -2.41. The first-order chi connectivity index (χ1) is 7.50. The summed E-state index contributed by atoms with van der Waals surface area (Å²) in [6.07, 6.45) is 0.159. The maximum atomic E-state index is 10.8. The Balaban J connectivity index is 2.44. The summed E-state index contributed by atoms with van der Waals surface area (Å²) in [6.45, 7) is 0.145. The molecule has 1 atom stereocenters. The second kappa shape index (κ2) is 3.57. The molecule has 5 N–H and O–H groups in total. The van der Waals surface area contributed by atoms with Crippen molar-refractivity contribution in [2.45, 2.75) is 19.0 Å². The van der Waals surface area contributed by atoms with Crippen molar-refractivity contribution in [3.63, 3.8) is 0 Å². The predicted octanol–water partition coefficient (Wildman–Crippen LogP) is -0.0977. The number of carboxylic acid groups (broad SMARTS) is 1. The van der Waals surface area contributed by atoms with E-state index < -0.39 is 29.3 Å². The minimum absolute atomic E-state index is 0.145. The van der Waals surface area contributed by atoms with E-state index >= 15 is 0 Å². The van der Waals surface area contributed by atoms with Gasteiger partial charge in [0.1, 0.15) is 6.04 Å². The van der Waals surface area contributed by atoms with E-state index in [1.807, 2.05) is 0 Å². The number of carboxylic acids is 1. The minimum atomic E-state index is -0.988. The highest BCUT2D eigenvalue weighted by Crippen LogP contribution is 2.40. The Hall–Kier alpha value is -1.95. The van der Waals surface area contributed by atoms with E-state index in [0.29, 0.717) is 11.1 Å².